The number of nitrogens with two attached hydrogens (primary N) is 3. The molecule has 0 saturated heterocycles. The molecule has 8 nitrogen and oxygen atoms in total. The van der Waals surface area contributed by atoms with Gasteiger partial charge in [-0.25, -0.2) is 0 Å². The molecular weight excluding hydrogens is 240 g/mol. The second-order valence-electron chi connectivity index (χ2n) is 3.81. The van der Waals surface area contributed by atoms with Crippen LogP contribution in [0.2, 0.25) is 0 Å². The number of hydrogen-bond donors (Lipinski definition) is 4. The van der Waals surface area contributed by atoms with E-state index in [1.807, 2.05) is 0 Å². The second kappa shape index (κ2) is 8.56. The summed E-state index contributed by atoms with van der Waals surface area (Å²) in [6.45, 7) is -0.671. The Morgan fingerprint density at radius 3 is 2.22 bits per heavy atom. The first kappa shape index (κ1) is 16.5. The third-order valence-electron chi connectivity index (χ3n) is 2.32. The van der Waals surface area contributed by atoms with Crippen molar-refractivity contribution in [3.8, 4) is 0 Å². The van der Waals surface area contributed by atoms with Crippen molar-refractivity contribution in [1.29, 1.82) is 0 Å². The van der Waals surface area contributed by atoms with Gasteiger partial charge in [0.15, 0.2) is 0 Å². The van der Waals surface area contributed by atoms with Crippen molar-refractivity contribution in [2.75, 3.05) is 19.6 Å². The average molecular weight is 260 g/mol. The van der Waals surface area contributed by atoms with Crippen LogP contribution in [0.15, 0.2) is 0 Å². The minimum absolute atomic E-state index is 0.351. The molecule has 2 amide bonds. The number of carbonyl (C=O) groups is 3. The first-order valence-electron chi connectivity index (χ1n) is 5.65. The molecule has 0 heterocycles. The fraction of sp³-hybridized carbons (Fsp3) is 0.700. The number of carboxylic acids is 1. The Kier molecular flexibility index (Phi) is 7.84. The third kappa shape index (κ3) is 5.71. The molecule has 0 saturated carbocycles. The number of carbonyl (C=O) groups excluding carboxylic acids is 2. The van der Waals surface area contributed by atoms with E-state index in [0.717, 1.165) is 0 Å². The van der Waals surface area contributed by atoms with Crippen LogP contribution >= 0.6 is 0 Å². The van der Waals surface area contributed by atoms with Gasteiger partial charge in [-0.2, -0.15) is 0 Å². The van der Waals surface area contributed by atoms with Gasteiger partial charge in [0.1, 0.15) is 6.54 Å². The van der Waals surface area contributed by atoms with Gasteiger partial charge in [0, 0.05) is 0 Å². The Bertz CT molecular complexity index is 308. The number of hydrogen-bond acceptors (Lipinski definition) is 6. The number of amides is 2. The number of aliphatic carboxylic acids is 1. The number of imide groups is 1. The molecule has 0 spiro atoms. The first-order chi connectivity index (χ1) is 8.43. The summed E-state index contributed by atoms with van der Waals surface area (Å²) in [5, 5.41) is 8.63. The van der Waals surface area contributed by atoms with Crippen LogP contribution in [0.25, 0.3) is 0 Å². The molecule has 104 valence electrons. The van der Waals surface area contributed by atoms with E-state index in [9.17, 15) is 14.4 Å². The molecule has 8 heteroatoms. The molecule has 0 aromatic heterocycles. The quantitative estimate of drug-likeness (QED) is 0.362. The van der Waals surface area contributed by atoms with E-state index in [1.54, 1.807) is 0 Å². The van der Waals surface area contributed by atoms with E-state index < -0.39 is 36.9 Å². The molecule has 1 unspecified atom stereocenters. The minimum atomic E-state index is -1.29. The molecule has 0 rings (SSSR count). The molecule has 0 aromatic carbocycles. The Hall–Kier alpha value is -1.51. The van der Waals surface area contributed by atoms with Gasteiger partial charge in [-0.05, 0) is 19.4 Å². The lowest BCUT2D eigenvalue weighted by atomic mass is 10.1. The molecule has 0 radical (unpaired) electrons. The number of unbranched alkanes of at least 4 members (excludes halogenated alkanes) is 1. The SMILES string of the molecule is NCCCCC(N)C(=O)N(CC(=O)O)C(=O)CN. The Balaban J connectivity index is 4.53. The normalized spacial score (nSPS) is 11.9. The highest BCUT2D eigenvalue weighted by Gasteiger charge is 2.27. The fourth-order valence-corrected chi connectivity index (χ4v) is 1.37. The van der Waals surface area contributed by atoms with Crippen molar-refractivity contribution in [1.82, 2.24) is 4.90 Å². The molecule has 0 fully saturated rings. The summed E-state index contributed by atoms with van der Waals surface area (Å²) in [7, 11) is 0. The van der Waals surface area contributed by atoms with Gasteiger partial charge in [-0.1, -0.05) is 6.42 Å². The summed E-state index contributed by atoms with van der Waals surface area (Å²) in [5.41, 5.74) is 16.0. The maximum atomic E-state index is 11.8. The molecule has 0 aromatic rings. The topological polar surface area (TPSA) is 153 Å². The van der Waals surface area contributed by atoms with Gasteiger partial charge in [0.2, 0.25) is 11.8 Å². The van der Waals surface area contributed by atoms with Gasteiger partial charge in [-0.3, -0.25) is 19.3 Å². The van der Waals surface area contributed by atoms with Crippen LogP contribution in [0.4, 0.5) is 0 Å². The number of rotatable bonds is 8. The summed E-state index contributed by atoms with van der Waals surface area (Å²) >= 11 is 0. The highest BCUT2D eigenvalue weighted by molar-refractivity contribution is 6.00. The molecule has 0 bridgehead atoms. The van der Waals surface area contributed by atoms with E-state index in [1.165, 1.54) is 0 Å². The highest BCUT2D eigenvalue weighted by atomic mass is 16.4. The molecule has 0 aliphatic carbocycles. The van der Waals surface area contributed by atoms with Crippen molar-refractivity contribution in [2.24, 2.45) is 17.2 Å². The zero-order chi connectivity index (χ0) is 14.1. The van der Waals surface area contributed by atoms with Crippen molar-refractivity contribution in [2.45, 2.75) is 25.3 Å². The molecule has 0 aliphatic heterocycles. The van der Waals surface area contributed by atoms with Crippen LogP contribution in [0.3, 0.4) is 0 Å². The maximum absolute atomic E-state index is 11.8. The van der Waals surface area contributed by atoms with E-state index >= 15 is 0 Å². The third-order valence-corrected chi connectivity index (χ3v) is 2.32. The van der Waals surface area contributed by atoms with Gasteiger partial charge in [0.25, 0.3) is 0 Å². The predicted molar refractivity (Wildman–Crippen MR) is 64.3 cm³/mol. The van der Waals surface area contributed by atoms with Crippen LogP contribution in [0.1, 0.15) is 19.3 Å². The van der Waals surface area contributed by atoms with Crippen molar-refractivity contribution >= 4 is 17.8 Å². The minimum Gasteiger partial charge on any atom is -0.480 e. The second-order valence-corrected chi connectivity index (χ2v) is 3.81. The summed E-state index contributed by atoms with van der Waals surface area (Å²) < 4.78 is 0. The Morgan fingerprint density at radius 1 is 1.17 bits per heavy atom. The first-order valence-corrected chi connectivity index (χ1v) is 5.65. The van der Waals surface area contributed by atoms with Crippen molar-refractivity contribution in [3.63, 3.8) is 0 Å². The summed E-state index contributed by atoms with van der Waals surface area (Å²) in [5.74, 6) is -2.76. The lowest BCUT2D eigenvalue weighted by molar-refractivity contribution is -0.152. The standard InChI is InChI=1S/C10H20N4O4/c11-4-2-1-3-7(13)10(18)14(6-9(16)17)8(15)5-12/h7H,1-6,11-13H2,(H,16,17). The summed E-state index contributed by atoms with van der Waals surface area (Å²) in [4.78, 5) is 34.3. The largest absolute Gasteiger partial charge is 0.480 e. The van der Waals surface area contributed by atoms with E-state index in [4.69, 9.17) is 22.3 Å². The highest BCUT2D eigenvalue weighted by Crippen LogP contribution is 2.03. The van der Waals surface area contributed by atoms with E-state index in [2.05, 4.69) is 0 Å². The predicted octanol–water partition coefficient (Wildman–Crippen LogP) is -2.16. The zero-order valence-electron chi connectivity index (χ0n) is 10.2. The maximum Gasteiger partial charge on any atom is 0.323 e. The number of nitrogens with zero attached hydrogens (tertiary/aromatic N) is 1. The molecule has 18 heavy (non-hydrogen) atoms. The molecule has 1 atom stereocenters. The van der Waals surface area contributed by atoms with Crippen LogP contribution in [-0.4, -0.2) is 53.5 Å². The van der Waals surface area contributed by atoms with Crippen LogP contribution in [0, 0.1) is 0 Å². The zero-order valence-corrected chi connectivity index (χ0v) is 10.2. The Labute approximate surface area is 105 Å². The van der Waals surface area contributed by atoms with Gasteiger partial charge in [-0.15, -0.1) is 0 Å². The van der Waals surface area contributed by atoms with E-state index in [-0.39, 0.29) is 0 Å². The average Bonchev–Trinajstić information content (AvgIpc) is 2.34. The fourth-order valence-electron chi connectivity index (χ4n) is 1.37. The lowest BCUT2D eigenvalue weighted by Gasteiger charge is -2.21. The molecular formula is C10H20N4O4. The van der Waals surface area contributed by atoms with Gasteiger partial charge < -0.3 is 22.3 Å². The van der Waals surface area contributed by atoms with Gasteiger partial charge >= 0.3 is 5.97 Å². The summed E-state index contributed by atoms with van der Waals surface area (Å²) in [6, 6.07) is -0.911. The Morgan fingerprint density at radius 2 is 1.78 bits per heavy atom. The molecule has 7 N–H and O–H groups in total. The number of carboxylic acid groups (broad SMARTS) is 1. The van der Waals surface area contributed by atoms with Crippen LogP contribution in [-0.2, 0) is 14.4 Å². The summed E-state index contributed by atoms with van der Waals surface area (Å²) in [6.07, 6.45) is 1.70. The molecule has 0 aliphatic rings. The van der Waals surface area contributed by atoms with E-state index in [0.29, 0.717) is 30.7 Å². The van der Waals surface area contributed by atoms with Crippen molar-refractivity contribution in [3.05, 3.63) is 0 Å². The smallest absolute Gasteiger partial charge is 0.323 e. The monoisotopic (exact) mass is 260 g/mol. The van der Waals surface area contributed by atoms with Crippen LogP contribution in [0.5, 0.6) is 0 Å². The van der Waals surface area contributed by atoms with Crippen LogP contribution < -0.4 is 17.2 Å². The van der Waals surface area contributed by atoms with Crippen molar-refractivity contribution < 1.29 is 19.5 Å². The lowest BCUT2D eigenvalue weighted by Crippen LogP contribution is -2.50. The van der Waals surface area contributed by atoms with Gasteiger partial charge in [0.05, 0.1) is 12.6 Å².